The Labute approximate surface area is 160 Å². The van der Waals surface area contributed by atoms with Gasteiger partial charge in [0.25, 0.3) is 0 Å². The number of fused-ring (bicyclic) bond motifs is 1. The van der Waals surface area contributed by atoms with Gasteiger partial charge in [-0.05, 0) is 43.2 Å². The summed E-state index contributed by atoms with van der Waals surface area (Å²) in [5, 5.41) is 1.20. The Kier molecular flexibility index (Phi) is 5.28. The van der Waals surface area contributed by atoms with Crippen LogP contribution in [-0.2, 0) is 4.79 Å². The molecule has 140 valence electrons. The van der Waals surface area contributed by atoms with E-state index in [1.807, 2.05) is 6.07 Å². The fraction of sp³-hybridized carbons (Fsp3) is 0.619. The maximum atomic E-state index is 12.9. The molecule has 2 aromatic rings. The van der Waals surface area contributed by atoms with Crippen molar-refractivity contribution in [3.8, 4) is 0 Å². The van der Waals surface area contributed by atoms with E-state index in [0.29, 0.717) is 30.2 Å². The minimum atomic E-state index is 0.303. The summed E-state index contributed by atoms with van der Waals surface area (Å²) in [7, 11) is 0. The van der Waals surface area contributed by atoms with Gasteiger partial charge in [0.1, 0.15) is 0 Å². The highest BCUT2D eigenvalue weighted by molar-refractivity contribution is 7.18. The summed E-state index contributed by atoms with van der Waals surface area (Å²) >= 11 is 1.79. The molecule has 3 heterocycles. The lowest BCUT2D eigenvalue weighted by Gasteiger charge is -2.37. The quantitative estimate of drug-likeness (QED) is 0.819. The number of aromatic nitrogens is 1. The third kappa shape index (κ3) is 3.94. The molecule has 1 amide bonds. The molecule has 2 aliphatic heterocycles. The van der Waals surface area contributed by atoms with Crippen molar-refractivity contribution >= 4 is 27.5 Å². The van der Waals surface area contributed by atoms with Crippen LogP contribution in [-0.4, -0.2) is 53.4 Å². The number of carbonyl (C=O) groups is 1. The lowest BCUT2D eigenvalue weighted by Crippen LogP contribution is -2.48. The van der Waals surface area contributed by atoms with Crippen LogP contribution in [0.5, 0.6) is 0 Å². The van der Waals surface area contributed by atoms with Gasteiger partial charge in [-0.2, -0.15) is 0 Å². The number of hydrogen-bond donors (Lipinski definition) is 0. The Bertz CT molecular complexity index is 730. The van der Waals surface area contributed by atoms with E-state index in [2.05, 4.69) is 41.8 Å². The Morgan fingerprint density at radius 1 is 1.19 bits per heavy atom. The number of amides is 1. The van der Waals surface area contributed by atoms with E-state index in [1.54, 1.807) is 11.3 Å². The fourth-order valence-corrected chi connectivity index (χ4v) is 5.78. The Balaban J connectivity index is 1.40. The molecule has 0 spiro atoms. The molecule has 1 aromatic carbocycles. The lowest BCUT2D eigenvalue weighted by molar-refractivity contribution is -0.134. The molecule has 0 N–H and O–H groups in total. The van der Waals surface area contributed by atoms with E-state index < -0.39 is 0 Å². The van der Waals surface area contributed by atoms with Gasteiger partial charge in [0, 0.05) is 32.1 Å². The van der Waals surface area contributed by atoms with Gasteiger partial charge in [-0.25, -0.2) is 4.98 Å². The summed E-state index contributed by atoms with van der Waals surface area (Å²) in [6, 6.07) is 8.34. The van der Waals surface area contributed by atoms with Gasteiger partial charge >= 0.3 is 0 Å². The van der Waals surface area contributed by atoms with Crippen LogP contribution in [0.25, 0.3) is 10.2 Å². The molecule has 3 atom stereocenters. The summed E-state index contributed by atoms with van der Waals surface area (Å²) in [6.45, 7) is 9.04. The van der Waals surface area contributed by atoms with Crippen LogP contribution >= 0.6 is 11.3 Å². The monoisotopic (exact) mass is 371 g/mol. The molecule has 0 aliphatic carbocycles. The first-order valence-electron chi connectivity index (χ1n) is 9.94. The molecule has 0 unspecified atom stereocenters. The second-order valence-electron chi connectivity index (χ2n) is 8.34. The van der Waals surface area contributed by atoms with E-state index >= 15 is 0 Å². The lowest BCUT2D eigenvalue weighted by atomic mass is 9.92. The summed E-state index contributed by atoms with van der Waals surface area (Å²) in [5.74, 6) is 2.09. The largest absolute Gasteiger partial charge is 0.341 e. The van der Waals surface area contributed by atoms with Crippen LogP contribution in [0.1, 0.15) is 44.0 Å². The molecule has 2 saturated heterocycles. The van der Waals surface area contributed by atoms with Crippen molar-refractivity contribution in [2.75, 3.05) is 32.7 Å². The van der Waals surface area contributed by atoms with Gasteiger partial charge in [-0.3, -0.25) is 9.69 Å². The third-order valence-electron chi connectivity index (χ3n) is 5.74. The number of carbonyl (C=O) groups excluding carboxylic acids is 1. The normalized spacial score (nSPS) is 27.8. The maximum Gasteiger partial charge on any atom is 0.236 e. The maximum absolute atomic E-state index is 12.9. The van der Waals surface area contributed by atoms with Gasteiger partial charge < -0.3 is 4.90 Å². The fourth-order valence-electron chi connectivity index (χ4n) is 4.68. The van der Waals surface area contributed by atoms with Crippen LogP contribution in [0.2, 0.25) is 0 Å². The molecular formula is C21H29N3OS. The van der Waals surface area contributed by atoms with E-state index in [9.17, 15) is 4.79 Å². The molecule has 4 rings (SSSR count). The second-order valence-corrected chi connectivity index (χ2v) is 9.40. The summed E-state index contributed by atoms with van der Waals surface area (Å²) in [4.78, 5) is 22.2. The highest BCUT2D eigenvalue weighted by Crippen LogP contribution is 2.33. The molecule has 1 aromatic heterocycles. The number of hydrogen-bond acceptors (Lipinski definition) is 4. The smallest absolute Gasteiger partial charge is 0.236 e. The van der Waals surface area contributed by atoms with Crippen molar-refractivity contribution in [2.24, 2.45) is 11.8 Å². The first kappa shape index (κ1) is 17.9. The molecule has 0 bridgehead atoms. The predicted molar refractivity (Wildman–Crippen MR) is 108 cm³/mol. The van der Waals surface area contributed by atoms with Crippen LogP contribution in [0.4, 0.5) is 0 Å². The second kappa shape index (κ2) is 7.65. The van der Waals surface area contributed by atoms with E-state index in [-0.39, 0.29) is 0 Å². The zero-order valence-corrected chi connectivity index (χ0v) is 16.7. The van der Waals surface area contributed by atoms with Crippen LogP contribution < -0.4 is 0 Å². The number of rotatable bonds is 3. The average Bonchev–Trinajstić information content (AvgIpc) is 3.05. The SMILES string of the molecule is C[C@@H]1C[C@H](C)CN(CC(=O)N2CCC[C@H](c3nc4ccccc4s3)C2)C1. The average molecular weight is 372 g/mol. The van der Waals surface area contributed by atoms with Gasteiger partial charge in [0.05, 0.1) is 21.8 Å². The molecule has 2 fully saturated rings. The Hall–Kier alpha value is -1.46. The first-order chi connectivity index (χ1) is 12.6. The van der Waals surface area contributed by atoms with Gasteiger partial charge in [-0.15, -0.1) is 11.3 Å². The van der Waals surface area contributed by atoms with Gasteiger partial charge in [-0.1, -0.05) is 26.0 Å². The summed E-state index contributed by atoms with van der Waals surface area (Å²) in [5.41, 5.74) is 1.09. The van der Waals surface area contributed by atoms with Crippen molar-refractivity contribution < 1.29 is 4.79 Å². The van der Waals surface area contributed by atoms with E-state index in [0.717, 1.165) is 44.5 Å². The molecule has 26 heavy (non-hydrogen) atoms. The number of likely N-dealkylation sites (tertiary alicyclic amines) is 2. The number of thiazole rings is 1. The van der Waals surface area contributed by atoms with Crippen molar-refractivity contribution in [3.05, 3.63) is 29.3 Å². The minimum absolute atomic E-state index is 0.303. The molecular weight excluding hydrogens is 342 g/mol. The Morgan fingerprint density at radius 2 is 1.96 bits per heavy atom. The van der Waals surface area contributed by atoms with Crippen molar-refractivity contribution in [3.63, 3.8) is 0 Å². The standard InChI is InChI=1S/C21H29N3OS/c1-15-10-16(2)12-23(11-15)14-20(25)24-9-5-6-17(13-24)21-22-18-7-3-4-8-19(18)26-21/h3-4,7-8,15-17H,5-6,9-14H2,1-2H3/t15-,16+,17-/m0/s1. The zero-order chi connectivity index (χ0) is 18.1. The van der Waals surface area contributed by atoms with Gasteiger partial charge in [0.15, 0.2) is 0 Å². The highest BCUT2D eigenvalue weighted by Gasteiger charge is 2.29. The number of benzene rings is 1. The predicted octanol–water partition coefficient (Wildman–Crippen LogP) is 3.98. The minimum Gasteiger partial charge on any atom is -0.341 e. The van der Waals surface area contributed by atoms with Gasteiger partial charge in [0.2, 0.25) is 5.91 Å². The van der Waals surface area contributed by atoms with Crippen LogP contribution in [0.3, 0.4) is 0 Å². The first-order valence-corrected chi connectivity index (χ1v) is 10.8. The van der Waals surface area contributed by atoms with Crippen LogP contribution in [0.15, 0.2) is 24.3 Å². The Morgan fingerprint density at radius 3 is 2.73 bits per heavy atom. The van der Waals surface area contributed by atoms with Crippen molar-refractivity contribution in [2.45, 2.75) is 39.0 Å². The molecule has 0 saturated carbocycles. The molecule has 2 aliphatic rings. The topological polar surface area (TPSA) is 36.4 Å². The third-order valence-corrected chi connectivity index (χ3v) is 6.94. The number of nitrogens with zero attached hydrogens (tertiary/aromatic N) is 3. The number of para-hydroxylation sites is 1. The van der Waals surface area contributed by atoms with Crippen molar-refractivity contribution in [1.29, 1.82) is 0 Å². The molecule has 0 radical (unpaired) electrons. The zero-order valence-electron chi connectivity index (χ0n) is 15.9. The van der Waals surface area contributed by atoms with E-state index in [1.165, 1.54) is 16.1 Å². The van der Waals surface area contributed by atoms with Crippen molar-refractivity contribution in [1.82, 2.24) is 14.8 Å². The highest BCUT2D eigenvalue weighted by atomic mass is 32.1. The van der Waals surface area contributed by atoms with Crippen LogP contribution in [0, 0.1) is 11.8 Å². The number of piperidine rings is 2. The van der Waals surface area contributed by atoms with E-state index in [4.69, 9.17) is 4.98 Å². The molecule has 5 heteroatoms. The molecule has 4 nitrogen and oxygen atoms in total. The summed E-state index contributed by atoms with van der Waals surface area (Å²) in [6.07, 6.45) is 3.51. The summed E-state index contributed by atoms with van der Waals surface area (Å²) < 4.78 is 1.25.